The summed E-state index contributed by atoms with van der Waals surface area (Å²) in [5.41, 5.74) is 10.4. The van der Waals surface area contributed by atoms with Gasteiger partial charge in [-0.15, -0.1) is 11.3 Å². The van der Waals surface area contributed by atoms with Crippen LogP contribution in [0.25, 0.3) is 82.2 Å². The monoisotopic (exact) mass is 646 g/mol. The highest BCUT2D eigenvalue weighted by atomic mass is 32.1. The van der Waals surface area contributed by atoms with Crippen molar-refractivity contribution in [2.45, 2.75) is 19.3 Å². The molecule has 49 heavy (non-hydrogen) atoms. The Balaban J connectivity index is 1.20. The van der Waals surface area contributed by atoms with Crippen LogP contribution in [0.2, 0.25) is 0 Å². The van der Waals surface area contributed by atoms with Crippen molar-refractivity contribution in [3.63, 3.8) is 0 Å². The fourth-order valence-corrected chi connectivity index (χ4v) is 8.65. The molecule has 0 radical (unpaired) electrons. The van der Waals surface area contributed by atoms with E-state index >= 15 is 0 Å². The highest BCUT2D eigenvalue weighted by Crippen LogP contribution is 2.52. The third-order valence-corrected chi connectivity index (χ3v) is 11.2. The highest BCUT2D eigenvalue weighted by molar-refractivity contribution is 7.22. The molecule has 0 spiro atoms. The zero-order valence-corrected chi connectivity index (χ0v) is 27.9. The molecular weight excluding hydrogens is 617 g/mol. The predicted molar refractivity (Wildman–Crippen MR) is 203 cm³/mol. The number of nitrogens with zero attached hydrogens (tertiary/aromatic N) is 4. The van der Waals surface area contributed by atoms with E-state index in [0.717, 1.165) is 22.2 Å². The Morgan fingerprint density at radius 3 is 1.90 bits per heavy atom. The van der Waals surface area contributed by atoms with E-state index in [-0.39, 0.29) is 5.41 Å². The standard InChI is InChI=1S/C44H30N4S/c1-44(2)35-23-30(40-24-29-17-9-12-20-39(29)49-40)21-22-31(35)33-25-34-32-18-10-11-19-37(32)48(38(34)26-36(33)44)43-46-41(27-13-5-3-6-14-27)45-42(47-43)28-15-7-4-8-16-28/h3-26H,1-2H3. The van der Waals surface area contributed by atoms with Crippen molar-refractivity contribution in [3.8, 4) is 50.3 Å². The topological polar surface area (TPSA) is 43.6 Å². The molecule has 10 rings (SSSR count). The SMILES string of the molecule is CC1(C)c2cc(-c3cc4ccccc4s3)ccc2-c2cc3c4ccccc4n(-c4nc(-c5ccccc5)nc(-c5ccccc5)n4)c3cc21. The van der Waals surface area contributed by atoms with Gasteiger partial charge in [0.1, 0.15) is 0 Å². The molecule has 1 aliphatic rings. The summed E-state index contributed by atoms with van der Waals surface area (Å²) in [4.78, 5) is 16.6. The maximum atomic E-state index is 5.15. The Morgan fingerprint density at radius 1 is 0.510 bits per heavy atom. The largest absolute Gasteiger partial charge is 0.278 e. The lowest BCUT2D eigenvalue weighted by atomic mass is 9.81. The van der Waals surface area contributed by atoms with Gasteiger partial charge in [-0.2, -0.15) is 9.97 Å². The third-order valence-electron chi connectivity index (χ3n) is 10.1. The maximum absolute atomic E-state index is 5.15. The average molecular weight is 647 g/mol. The van der Waals surface area contributed by atoms with Gasteiger partial charge in [-0.05, 0) is 69.6 Å². The first-order valence-electron chi connectivity index (χ1n) is 16.6. The van der Waals surface area contributed by atoms with Gasteiger partial charge in [-0.25, -0.2) is 4.98 Å². The quantitative estimate of drug-likeness (QED) is 0.191. The summed E-state index contributed by atoms with van der Waals surface area (Å²) in [7, 11) is 0. The second-order valence-electron chi connectivity index (χ2n) is 13.3. The van der Waals surface area contributed by atoms with E-state index in [1.165, 1.54) is 53.6 Å². The number of benzene rings is 6. The van der Waals surface area contributed by atoms with Crippen LogP contribution in [0.15, 0.2) is 146 Å². The molecule has 0 N–H and O–H groups in total. The van der Waals surface area contributed by atoms with Crippen LogP contribution in [0, 0.1) is 0 Å². The van der Waals surface area contributed by atoms with Crippen LogP contribution in [0.3, 0.4) is 0 Å². The zero-order valence-electron chi connectivity index (χ0n) is 27.1. The second kappa shape index (κ2) is 10.5. The molecule has 3 aromatic heterocycles. The van der Waals surface area contributed by atoms with E-state index in [2.05, 4.69) is 128 Å². The normalized spacial score (nSPS) is 13.3. The summed E-state index contributed by atoms with van der Waals surface area (Å²) in [6.07, 6.45) is 0. The molecule has 232 valence electrons. The van der Waals surface area contributed by atoms with Crippen molar-refractivity contribution in [2.75, 3.05) is 0 Å². The minimum absolute atomic E-state index is 0.198. The summed E-state index contributed by atoms with van der Waals surface area (Å²) < 4.78 is 3.55. The molecular formula is C44H30N4S. The van der Waals surface area contributed by atoms with E-state index < -0.39 is 0 Å². The van der Waals surface area contributed by atoms with E-state index in [1.54, 1.807) is 0 Å². The molecule has 5 heteroatoms. The maximum Gasteiger partial charge on any atom is 0.238 e. The van der Waals surface area contributed by atoms with E-state index in [1.807, 2.05) is 47.7 Å². The Bertz CT molecular complexity index is 2650. The summed E-state index contributed by atoms with van der Waals surface area (Å²) in [6, 6.07) is 51.7. The first kappa shape index (κ1) is 28.1. The molecule has 0 fully saturated rings. The lowest BCUT2D eigenvalue weighted by Gasteiger charge is -2.22. The number of hydrogen-bond acceptors (Lipinski definition) is 4. The smallest absolute Gasteiger partial charge is 0.238 e. The lowest BCUT2D eigenvalue weighted by Crippen LogP contribution is -2.15. The molecule has 4 nitrogen and oxygen atoms in total. The van der Waals surface area contributed by atoms with Gasteiger partial charge in [0.2, 0.25) is 5.95 Å². The van der Waals surface area contributed by atoms with Crippen LogP contribution >= 0.6 is 11.3 Å². The van der Waals surface area contributed by atoms with Gasteiger partial charge in [-0.1, -0.05) is 123 Å². The molecule has 0 bridgehead atoms. The van der Waals surface area contributed by atoms with Crippen LogP contribution in [-0.2, 0) is 5.41 Å². The van der Waals surface area contributed by atoms with Crippen molar-refractivity contribution in [3.05, 3.63) is 157 Å². The van der Waals surface area contributed by atoms with Crippen LogP contribution in [0.4, 0.5) is 0 Å². The molecule has 1 aliphatic carbocycles. The third kappa shape index (κ3) is 4.32. The zero-order chi connectivity index (χ0) is 32.7. The van der Waals surface area contributed by atoms with Crippen LogP contribution in [-0.4, -0.2) is 19.5 Å². The molecule has 0 amide bonds. The molecule has 6 aromatic carbocycles. The van der Waals surface area contributed by atoms with Crippen LogP contribution in [0.5, 0.6) is 0 Å². The van der Waals surface area contributed by atoms with E-state index in [0.29, 0.717) is 17.6 Å². The minimum Gasteiger partial charge on any atom is -0.278 e. The fraction of sp³-hybridized carbons (Fsp3) is 0.0682. The fourth-order valence-electron chi connectivity index (χ4n) is 7.59. The van der Waals surface area contributed by atoms with Gasteiger partial charge >= 0.3 is 0 Å². The Morgan fingerprint density at radius 2 is 1.16 bits per heavy atom. The molecule has 0 saturated heterocycles. The minimum atomic E-state index is -0.198. The second-order valence-corrected chi connectivity index (χ2v) is 14.4. The predicted octanol–water partition coefficient (Wildman–Crippen LogP) is 11.5. The van der Waals surface area contributed by atoms with Gasteiger partial charge in [0.25, 0.3) is 0 Å². The number of thiophene rings is 1. The van der Waals surface area contributed by atoms with E-state index in [9.17, 15) is 0 Å². The molecule has 3 heterocycles. The molecule has 0 saturated carbocycles. The molecule has 0 aliphatic heterocycles. The van der Waals surface area contributed by atoms with Gasteiger partial charge in [0, 0.05) is 36.9 Å². The molecule has 9 aromatic rings. The Kier molecular flexibility index (Phi) is 6.05. The van der Waals surface area contributed by atoms with E-state index in [4.69, 9.17) is 15.0 Å². The number of rotatable bonds is 4. The van der Waals surface area contributed by atoms with Crippen molar-refractivity contribution >= 4 is 43.2 Å². The summed E-state index contributed by atoms with van der Waals surface area (Å²) in [5.74, 6) is 1.91. The number of para-hydroxylation sites is 1. The van der Waals surface area contributed by atoms with Gasteiger partial charge < -0.3 is 0 Å². The molecule has 0 atom stereocenters. The Hall–Kier alpha value is -5.91. The first-order valence-corrected chi connectivity index (χ1v) is 17.4. The van der Waals surface area contributed by atoms with Gasteiger partial charge in [0.15, 0.2) is 11.6 Å². The Labute approximate surface area is 288 Å². The lowest BCUT2D eigenvalue weighted by molar-refractivity contribution is 0.661. The summed E-state index contributed by atoms with van der Waals surface area (Å²) in [5, 5.41) is 3.66. The van der Waals surface area contributed by atoms with Gasteiger partial charge in [-0.3, -0.25) is 4.57 Å². The van der Waals surface area contributed by atoms with Crippen LogP contribution in [0.1, 0.15) is 25.0 Å². The summed E-state index contributed by atoms with van der Waals surface area (Å²) >= 11 is 1.86. The van der Waals surface area contributed by atoms with Crippen molar-refractivity contribution in [1.29, 1.82) is 0 Å². The van der Waals surface area contributed by atoms with Crippen LogP contribution < -0.4 is 0 Å². The molecule has 0 unspecified atom stereocenters. The van der Waals surface area contributed by atoms with Gasteiger partial charge in [0.05, 0.1) is 11.0 Å². The number of hydrogen-bond donors (Lipinski definition) is 0. The number of aromatic nitrogens is 4. The highest BCUT2D eigenvalue weighted by Gasteiger charge is 2.37. The summed E-state index contributed by atoms with van der Waals surface area (Å²) in [6.45, 7) is 4.71. The van der Waals surface area contributed by atoms with Crippen molar-refractivity contribution in [2.24, 2.45) is 0 Å². The van der Waals surface area contributed by atoms with Crippen molar-refractivity contribution in [1.82, 2.24) is 19.5 Å². The first-order chi connectivity index (χ1) is 24.0. The average Bonchev–Trinajstić information content (AvgIpc) is 3.80. The number of fused-ring (bicyclic) bond motifs is 7. The van der Waals surface area contributed by atoms with Crippen molar-refractivity contribution < 1.29 is 0 Å².